The number of thioether (sulfide) groups is 1. The molecule has 0 atom stereocenters. The first-order valence-electron chi connectivity index (χ1n) is 3.50. The number of nitrogens with one attached hydrogen (secondary N) is 1. The third-order valence-electron chi connectivity index (χ3n) is 1.40. The predicted octanol–water partition coefficient (Wildman–Crippen LogP) is 3.03. The van der Waals surface area contributed by atoms with Crippen LogP contribution in [0.3, 0.4) is 0 Å². The Kier molecular flexibility index (Phi) is 5.92. The zero-order valence-electron chi connectivity index (χ0n) is 7.09. The van der Waals surface area contributed by atoms with Crippen molar-refractivity contribution in [2.45, 2.75) is 5.75 Å². The summed E-state index contributed by atoms with van der Waals surface area (Å²) >= 11 is 6.91. The summed E-state index contributed by atoms with van der Waals surface area (Å²) in [4.78, 5) is 0. The van der Waals surface area contributed by atoms with Crippen molar-refractivity contribution in [3.05, 3.63) is 34.6 Å². The van der Waals surface area contributed by atoms with Gasteiger partial charge in [-0.3, -0.25) is 5.41 Å². The fourth-order valence-corrected chi connectivity index (χ4v) is 1.67. The van der Waals surface area contributed by atoms with Gasteiger partial charge in [-0.15, -0.1) is 12.4 Å². The third-order valence-corrected chi connectivity index (χ3v) is 2.52. The number of hydrogen-bond acceptors (Lipinski definition) is 2. The van der Waals surface area contributed by atoms with Gasteiger partial charge in [0.15, 0.2) is 5.17 Å². The molecule has 0 unspecified atom stereocenters. The van der Waals surface area contributed by atoms with Crippen molar-refractivity contribution in [1.82, 2.24) is 0 Å². The van der Waals surface area contributed by atoms with Crippen LogP contribution < -0.4 is 5.73 Å². The molecule has 6 heteroatoms. The Bertz CT molecular complexity index is 333. The van der Waals surface area contributed by atoms with Gasteiger partial charge >= 0.3 is 0 Å². The number of halogens is 3. The summed E-state index contributed by atoms with van der Waals surface area (Å²) in [5.41, 5.74) is 5.93. The molecular formula is C8H9Cl2FN2S. The maximum atomic E-state index is 12.6. The monoisotopic (exact) mass is 254 g/mol. The Morgan fingerprint density at radius 1 is 1.57 bits per heavy atom. The topological polar surface area (TPSA) is 49.9 Å². The van der Waals surface area contributed by atoms with Gasteiger partial charge in [0.2, 0.25) is 0 Å². The number of rotatable bonds is 2. The minimum absolute atomic E-state index is 0. The highest BCUT2D eigenvalue weighted by molar-refractivity contribution is 8.13. The fourth-order valence-electron chi connectivity index (χ4n) is 0.794. The van der Waals surface area contributed by atoms with Crippen LogP contribution in [0.4, 0.5) is 4.39 Å². The van der Waals surface area contributed by atoms with E-state index in [1.54, 1.807) is 6.07 Å². The zero-order chi connectivity index (χ0) is 9.84. The summed E-state index contributed by atoms with van der Waals surface area (Å²) in [6.45, 7) is 0. The molecule has 1 aromatic carbocycles. The van der Waals surface area contributed by atoms with Crippen LogP contribution in [0.15, 0.2) is 18.2 Å². The van der Waals surface area contributed by atoms with E-state index in [0.717, 1.165) is 17.3 Å². The molecule has 3 N–H and O–H groups in total. The molecule has 0 aromatic heterocycles. The average molecular weight is 255 g/mol. The molecule has 0 saturated heterocycles. The second-order valence-corrected chi connectivity index (χ2v) is 3.81. The minimum atomic E-state index is -0.360. The molecule has 78 valence electrons. The Balaban J connectivity index is 0.00000169. The van der Waals surface area contributed by atoms with Crippen molar-refractivity contribution in [3.63, 3.8) is 0 Å². The molecule has 0 fully saturated rings. The highest BCUT2D eigenvalue weighted by atomic mass is 35.5. The average Bonchev–Trinajstić information content (AvgIpc) is 2.02. The molecule has 14 heavy (non-hydrogen) atoms. The molecule has 0 radical (unpaired) electrons. The number of amidine groups is 1. The van der Waals surface area contributed by atoms with Gasteiger partial charge in [0.1, 0.15) is 5.82 Å². The second-order valence-electron chi connectivity index (χ2n) is 2.39. The second kappa shape index (κ2) is 6.11. The fraction of sp³-hybridized carbons (Fsp3) is 0.125. The van der Waals surface area contributed by atoms with Gasteiger partial charge in [-0.2, -0.15) is 0 Å². The van der Waals surface area contributed by atoms with Crippen molar-refractivity contribution in [3.8, 4) is 0 Å². The zero-order valence-corrected chi connectivity index (χ0v) is 9.48. The molecule has 0 spiro atoms. The Morgan fingerprint density at radius 2 is 2.21 bits per heavy atom. The van der Waals surface area contributed by atoms with Gasteiger partial charge in [-0.25, -0.2) is 4.39 Å². The smallest absolute Gasteiger partial charge is 0.151 e. The summed E-state index contributed by atoms with van der Waals surface area (Å²) in [6.07, 6.45) is 0. The number of benzene rings is 1. The van der Waals surface area contributed by atoms with Gasteiger partial charge in [0.25, 0.3) is 0 Å². The van der Waals surface area contributed by atoms with Crippen LogP contribution in [0, 0.1) is 11.2 Å². The van der Waals surface area contributed by atoms with Crippen molar-refractivity contribution in [2.75, 3.05) is 0 Å². The molecule has 0 aliphatic carbocycles. The van der Waals surface area contributed by atoms with Crippen LogP contribution in [0.25, 0.3) is 0 Å². The summed E-state index contributed by atoms with van der Waals surface area (Å²) < 4.78 is 12.6. The van der Waals surface area contributed by atoms with Crippen LogP contribution in [0.1, 0.15) is 5.56 Å². The lowest BCUT2D eigenvalue weighted by atomic mass is 10.2. The standard InChI is InChI=1S/C8H8ClFN2S.ClH/c9-7-3-6(10)2-1-5(7)4-13-8(11)12;/h1-3H,4H2,(H3,11,12);1H. The quantitative estimate of drug-likeness (QED) is 0.630. The first-order chi connectivity index (χ1) is 6.09. The molecule has 0 bridgehead atoms. The lowest BCUT2D eigenvalue weighted by Crippen LogP contribution is -2.03. The van der Waals surface area contributed by atoms with E-state index in [0.29, 0.717) is 10.8 Å². The van der Waals surface area contributed by atoms with E-state index in [4.69, 9.17) is 22.7 Å². The lowest BCUT2D eigenvalue weighted by Gasteiger charge is -2.02. The Morgan fingerprint density at radius 3 is 2.71 bits per heavy atom. The summed E-state index contributed by atoms with van der Waals surface area (Å²) in [5.74, 6) is 0.135. The molecular weight excluding hydrogens is 246 g/mol. The van der Waals surface area contributed by atoms with Crippen LogP contribution in [0.2, 0.25) is 5.02 Å². The Hall–Kier alpha value is -0.450. The minimum Gasteiger partial charge on any atom is -0.379 e. The maximum absolute atomic E-state index is 12.6. The van der Waals surface area contributed by atoms with Crippen molar-refractivity contribution in [2.24, 2.45) is 5.73 Å². The van der Waals surface area contributed by atoms with E-state index in [2.05, 4.69) is 0 Å². The van der Waals surface area contributed by atoms with Crippen molar-refractivity contribution < 1.29 is 4.39 Å². The van der Waals surface area contributed by atoms with Gasteiger partial charge < -0.3 is 5.73 Å². The van der Waals surface area contributed by atoms with Gasteiger partial charge in [-0.1, -0.05) is 29.4 Å². The molecule has 0 heterocycles. The van der Waals surface area contributed by atoms with Gasteiger partial charge in [0, 0.05) is 10.8 Å². The number of hydrogen-bond donors (Lipinski definition) is 2. The van der Waals surface area contributed by atoms with E-state index in [-0.39, 0.29) is 23.4 Å². The third kappa shape index (κ3) is 4.17. The van der Waals surface area contributed by atoms with Crippen LogP contribution in [-0.4, -0.2) is 5.17 Å². The SMILES string of the molecule is Cl.N=C(N)SCc1ccc(F)cc1Cl. The normalized spacial score (nSPS) is 9.29. The van der Waals surface area contributed by atoms with Crippen molar-refractivity contribution in [1.29, 1.82) is 5.41 Å². The first kappa shape index (κ1) is 13.5. The summed E-state index contributed by atoms with van der Waals surface area (Å²) in [5, 5.41) is 7.38. The van der Waals surface area contributed by atoms with Crippen LogP contribution >= 0.6 is 35.8 Å². The lowest BCUT2D eigenvalue weighted by molar-refractivity contribution is 0.627. The molecule has 1 aromatic rings. The Labute approximate surface area is 96.9 Å². The van der Waals surface area contributed by atoms with E-state index in [1.165, 1.54) is 12.1 Å². The first-order valence-corrected chi connectivity index (χ1v) is 4.86. The van der Waals surface area contributed by atoms with E-state index < -0.39 is 0 Å². The van der Waals surface area contributed by atoms with Crippen molar-refractivity contribution >= 4 is 40.9 Å². The molecule has 0 amide bonds. The van der Waals surface area contributed by atoms with Gasteiger partial charge in [-0.05, 0) is 17.7 Å². The highest BCUT2D eigenvalue weighted by Crippen LogP contribution is 2.21. The van der Waals surface area contributed by atoms with Gasteiger partial charge in [0.05, 0.1) is 0 Å². The summed E-state index contributed by atoms with van der Waals surface area (Å²) in [6, 6.07) is 4.17. The number of nitrogens with two attached hydrogens (primary N) is 1. The van der Waals surface area contributed by atoms with E-state index in [1.807, 2.05) is 0 Å². The van der Waals surface area contributed by atoms with E-state index >= 15 is 0 Å². The molecule has 1 rings (SSSR count). The highest BCUT2D eigenvalue weighted by Gasteiger charge is 2.02. The van der Waals surface area contributed by atoms with Crippen LogP contribution in [-0.2, 0) is 5.75 Å². The maximum Gasteiger partial charge on any atom is 0.151 e. The molecule has 0 saturated carbocycles. The summed E-state index contributed by atoms with van der Waals surface area (Å²) in [7, 11) is 0. The van der Waals surface area contributed by atoms with Crippen LogP contribution in [0.5, 0.6) is 0 Å². The predicted molar refractivity (Wildman–Crippen MR) is 61.9 cm³/mol. The molecule has 0 aliphatic rings. The molecule has 0 aliphatic heterocycles. The largest absolute Gasteiger partial charge is 0.379 e. The van der Waals surface area contributed by atoms with E-state index in [9.17, 15) is 4.39 Å². The molecule has 2 nitrogen and oxygen atoms in total.